The molecule has 1 aromatic carbocycles. The van der Waals surface area contributed by atoms with Crippen molar-refractivity contribution in [2.24, 2.45) is 0 Å². The Labute approximate surface area is 97.3 Å². The third-order valence-corrected chi connectivity index (χ3v) is 2.78. The van der Waals surface area contributed by atoms with Gasteiger partial charge in [-0.2, -0.15) is 0 Å². The summed E-state index contributed by atoms with van der Waals surface area (Å²) < 4.78 is 14.9. The van der Waals surface area contributed by atoms with Gasteiger partial charge in [0.05, 0.1) is 10.7 Å². The molecule has 0 aliphatic carbocycles. The molecule has 0 saturated carbocycles. The molecule has 0 aliphatic heterocycles. The minimum absolute atomic E-state index is 0.105. The molecule has 1 aromatic heterocycles. The van der Waals surface area contributed by atoms with E-state index >= 15 is 0 Å². The van der Waals surface area contributed by atoms with E-state index in [2.05, 4.69) is 0 Å². The van der Waals surface area contributed by atoms with E-state index in [4.69, 9.17) is 11.6 Å². The van der Waals surface area contributed by atoms with Gasteiger partial charge in [0.1, 0.15) is 5.82 Å². The van der Waals surface area contributed by atoms with Crippen LogP contribution in [0.2, 0.25) is 5.02 Å². The summed E-state index contributed by atoms with van der Waals surface area (Å²) in [6.07, 6.45) is 2.51. The number of halogens is 2. The van der Waals surface area contributed by atoms with Crippen LogP contribution in [0.25, 0.3) is 0 Å². The Hall–Kier alpha value is -1.61. The summed E-state index contributed by atoms with van der Waals surface area (Å²) in [6, 6.07) is 8.10. The van der Waals surface area contributed by atoms with Gasteiger partial charge >= 0.3 is 0 Å². The largest absolute Gasteiger partial charge is 0.341 e. The maximum Gasteiger partial charge on any atom is 0.166 e. The number of hydrogen-bond donors (Lipinski definition) is 0. The minimum atomic E-state index is -0.445. The van der Waals surface area contributed by atoms with Crippen molar-refractivity contribution in [1.82, 2.24) is 4.57 Å². The first-order chi connectivity index (χ1) is 7.72. The number of carbonyl (C=O) groups is 1. The SMILES string of the molecule is O=Cc1cccn1Cc1cccc(F)c1Cl. The fourth-order valence-electron chi connectivity index (χ4n) is 1.53. The molecule has 0 atom stereocenters. The monoisotopic (exact) mass is 237 g/mol. The lowest BCUT2D eigenvalue weighted by atomic mass is 10.2. The van der Waals surface area contributed by atoms with Gasteiger partial charge < -0.3 is 4.57 Å². The highest BCUT2D eigenvalue weighted by atomic mass is 35.5. The predicted octanol–water partition coefficient (Wildman–Crippen LogP) is 3.14. The van der Waals surface area contributed by atoms with Gasteiger partial charge in [-0.25, -0.2) is 4.39 Å². The van der Waals surface area contributed by atoms with E-state index in [1.165, 1.54) is 6.07 Å². The Kier molecular flexibility index (Phi) is 3.06. The second-order valence-electron chi connectivity index (χ2n) is 3.39. The first-order valence-electron chi connectivity index (χ1n) is 4.75. The Balaban J connectivity index is 2.34. The van der Waals surface area contributed by atoms with E-state index in [1.54, 1.807) is 35.0 Å². The van der Waals surface area contributed by atoms with E-state index in [1.807, 2.05) is 0 Å². The van der Waals surface area contributed by atoms with Crippen LogP contribution in [0.3, 0.4) is 0 Å². The molecule has 0 saturated heterocycles. The summed E-state index contributed by atoms with van der Waals surface area (Å²) in [7, 11) is 0. The Morgan fingerprint density at radius 2 is 2.12 bits per heavy atom. The number of carbonyl (C=O) groups excluding carboxylic acids is 1. The summed E-state index contributed by atoms with van der Waals surface area (Å²) in [4.78, 5) is 10.7. The van der Waals surface area contributed by atoms with Gasteiger partial charge in [0.25, 0.3) is 0 Å². The number of hydrogen-bond acceptors (Lipinski definition) is 1. The summed E-state index contributed by atoms with van der Waals surface area (Å²) in [5, 5.41) is 0.105. The molecule has 0 aliphatic rings. The first kappa shape index (κ1) is 10.9. The summed E-state index contributed by atoms with van der Waals surface area (Å²) in [5.74, 6) is -0.445. The second-order valence-corrected chi connectivity index (χ2v) is 3.77. The molecule has 2 rings (SSSR count). The number of nitrogens with zero attached hydrogens (tertiary/aromatic N) is 1. The average Bonchev–Trinajstić information content (AvgIpc) is 2.72. The van der Waals surface area contributed by atoms with Crippen LogP contribution in [0.15, 0.2) is 36.5 Å². The molecule has 2 aromatic rings. The Morgan fingerprint density at radius 3 is 2.88 bits per heavy atom. The van der Waals surface area contributed by atoms with Crippen molar-refractivity contribution in [1.29, 1.82) is 0 Å². The molecule has 1 heterocycles. The topological polar surface area (TPSA) is 22.0 Å². The molecule has 0 fully saturated rings. The Morgan fingerprint density at radius 1 is 1.31 bits per heavy atom. The van der Waals surface area contributed by atoms with E-state index in [0.29, 0.717) is 17.8 Å². The van der Waals surface area contributed by atoms with Gasteiger partial charge in [0.15, 0.2) is 6.29 Å². The summed E-state index contributed by atoms with van der Waals surface area (Å²) in [6.45, 7) is 0.387. The maximum absolute atomic E-state index is 13.2. The average molecular weight is 238 g/mol. The predicted molar refractivity (Wildman–Crippen MR) is 60.3 cm³/mol. The van der Waals surface area contributed by atoms with Crippen molar-refractivity contribution in [2.75, 3.05) is 0 Å². The lowest BCUT2D eigenvalue weighted by Crippen LogP contribution is -2.03. The van der Waals surface area contributed by atoms with E-state index in [0.717, 1.165) is 6.29 Å². The van der Waals surface area contributed by atoms with Crippen LogP contribution in [0.4, 0.5) is 4.39 Å². The minimum Gasteiger partial charge on any atom is -0.341 e. The van der Waals surface area contributed by atoms with Crippen molar-refractivity contribution in [3.8, 4) is 0 Å². The third-order valence-electron chi connectivity index (χ3n) is 2.36. The van der Waals surface area contributed by atoms with E-state index in [-0.39, 0.29) is 5.02 Å². The highest BCUT2D eigenvalue weighted by Gasteiger charge is 2.07. The van der Waals surface area contributed by atoms with Gasteiger partial charge in [-0.15, -0.1) is 0 Å². The van der Waals surface area contributed by atoms with Crippen molar-refractivity contribution in [2.45, 2.75) is 6.54 Å². The Bertz CT molecular complexity index is 521. The zero-order valence-corrected chi connectivity index (χ0v) is 9.12. The lowest BCUT2D eigenvalue weighted by molar-refractivity contribution is 0.111. The highest BCUT2D eigenvalue weighted by molar-refractivity contribution is 6.31. The molecule has 16 heavy (non-hydrogen) atoms. The number of aromatic nitrogens is 1. The van der Waals surface area contributed by atoms with Crippen molar-refractivity contribution >= 4 is 17.9 Å². The standard InChI is InChI=1S/C12H9ClFNO/c13-12-9(3-1-5-11(12)14)7-15-6-2-4-10(15)8-16/h1-6,8H,7H2. The zero-order chi connectivity index (χ0) is 11.5. The molecule has 0 amide bonds. The van der Waals surface area contributed by atoms with Crippen LogP contribution in [-0.4, -0.2) is 10.9 Å². The van der Waals surface area contributed by atoms with Crippen molar-refractivity contribution in [3.63, 3.8) is 0 Å². The lowest BCUT2D eigenvalue weighted by Gasteiger charge is -2.07. The molecule has 0 bridgehead atoms. The van der Waals surface area contributed by atoms with Gasteiger partial charge in [-0.05, 0) is 23.8 Å². The van der Waals surface area contributed by atoms with Crippen molar-refractivity contribution < 1.29 is 9.18 Å². The molecule has 0 radical (unpaired) electrons. The molecule has 0 spiro atoms. The molecule has 4 heteroatoms. The van der Waals surface area contributed by atoms with Gasteiger partial charge in [-0.3, -0.25) is 4.79 Å². The number of rotatable bonds is 3. The molecular weight excluding hydrogens is 229 g/mol. The first-order valence-corrected chi connectivity index (χ1v) is 5.13. The van der Waals surface area contributed by atoms with Crippen molar-refractivity contribution in [3.05, 3.63) is 58.6 Å². The quantitative estimate of drug-likeness (QED) is 0.752. The van der Waals surface area contributed by atoms with Crippen LogP contribution >= 0.6 is 11.6 Å². The smallest absolute Gasteiger partial charge is 0.166 e. The molecule has 2 nitrogen and oxygen atoms in total. The summed E-state index contributed by atoms with van der Waals surface area (Å²) >= 11 is 5.83. The second kappa shape index (κ2) is 4.49. The maximum atomic E-state index is 13.2. The number of aldehydes is 1. The van der Waals surface area contributed by atoms with Crippen LogP contribution in [0.5, 0.6) is 0 Å². The fraction of sp³-hybridized carbons (Fsp3) is 0.0833. The fourth-order valence-corrected chi connectivity index (χ4v) is 1.72. The van der Waals surface area contributed by atoms with E-state index in [9.17, 15) is 9.18 Å². The zero-order valence-electron chi connectivity index (χ0n) is 8.36. The summed E-state index contributed by atoms with van der Waals surface area (Å²) in [5.41, 5.74) is 1.20. The van der Waals surface area contributed by atoms with Gasteiger partial charge in [-0.1, -0.05) is 23.7 Å². The number of benzene rings is 1. The van der Waals surface area contributed by atoms with Crippen LogP contribution in [-0.2, 0) is 6.54 Å². The van der Waals surface area contributed by atoms with E-state index < -0.39 is 5.82 Å². The van der Waals surface area contributed by atoms with Crippen LogP contribution < -0.4 is 0 Å². The molecular formula is C12H9ClFNO. The van der Waals surface area contributed by atoms with Crippen LogP contribution in [0, 0.1) is 5.82 Å². The van der Waals surface area contributed by atoms with Gasteiger partial charge in [0.2, 0.25) is 0 Å². The third kappa shape index (κ3) is 1.99. The molecule has 82 valence electrons. The molecule has 0 N–H and O–H groups in total. The van der Waals surface area contributed by atoms with Gasteiger partial charge in [0, 0.05) is 12.7 Å². The molecule has 0 unspecified atom stereocenters. The highest BCUT2D eigenvalue weighted by Crippen LogP contribution is 2.20. The normalized spacial score (nSPS) is 10.4. The van der Waals surface area contributed by atoms with Crippen LogP contribution in [0.1, 0.15) is 16.1 Å².